The van der Waals surface area contributed by atoms with Gasteiger partial charge in [-0.3, -0.25) is 4.40 Å². The van der Waals surface area contributed by atoms with Gasteiger partial charge in [0.25, 0.3) is 0 Å². The molecule has 150 valence electrons. The summed E-state index contributed by atoms with van der Waals surface area (Å²) >= 11 is 6.27. The molecule has 0 saturated carbocycles. The Morgan fingerprint density at radius 1 is 1.00 bits per heavy atom. The molecule has 2 aromatic heterocycles. The van der Waals surface area contributed by atoms with Gasteiger partial charge in [-0.15, -0.1) is 10.2 Å². The van der Waals surface area contributed by atoms with Crippen molar-refractivity contribution < 1.29 is 4.74 Å². The van der Waals surface area contributed by atoms with Crippen LogP contribution >= 0.6 is 11.6 Å². The zero-order valence-electron chi connectivity index (χ0n) is 17.1. The first-order chi connectivity index (χ1) is 14.1. The Morgan fingerprint density at radius 3 is 2.69 bits per heavy atom. The maximum Gasteiger partial charge on any atom is 0.183 e. The lowest BCUT2D eigenvalue weighted by Crippen LogP contribution is -2.00. The lowest BCUT2D eigenvalue weighted by Gasteiger charge is -2.11. The second-order valence-corrected chi connectivity index (χ2v) is 7.84. The minimum atomic E-state index is 0.657. The van der Waals surface area contributed by atoms with E-state index in [0.717, 1.165) is 58.1 Å². The first-order valence-corrected chi connectivity index (χ1v) is 10.5. The number of hydrogen-bond donors (Lipinski definition) is 0. The highest BCUT2D eigenvalue weighted by molar-refractivity contribution is 6.31. The van der Waals surface area contributed by atoms with E-state index >= 15 is 0 Å². The molecular formula is C23H25ClN4O. The summed E-state index contributed by atoms with van der Waals surface area (Å²) in [4.78, 5) is 4.65. The van der Waals surface area contributed by atoms with Crippen molar-refractivity contribution in [3.8, 4) is 17.1 Å². The normalized spacial score (nSPS) is 11.4. The minimum Gasteiger partial charge on any atom is -0.494 e. The predicted molar refractivity (Wildman–Crippen MR) is 118 cm³/mol. The SMILES string of the molecule is CCCCCCOc1ccc(C)c(-c2nnc3c(C)nc4ccc(Cl)cc4n23)c1. The van der Waals surface area contributed by atoms with Gasteiger partial charge in [-0.25, -0.2) is 4.98 Å². The Bertz CT molecular complexity index is 1170. The number of benzene rings is 2. The van der Waals surface area contributed by atoms with Gasteiger partial charge in [0, 0.05) is 10.6 Å². The van der Waals surface area contributed by atoms with E-state index in [1.807, 2.05) is 35.6 Å². The number of halogens is 1. The lowest BCUT2D eigenvalue weighted by molar-refractivity contribution is 0.305. The van der Waals surface area contributed by atoms with E-state index in [9.17, 15) is 0 Å². The molecule has 0 amide bonds. The van der Waals surface area contributed by atoms with Gasteiger partial charge >= 0.3 is 0 Å². The number of hydrogen-bond acceptors (Lipinski definition) is 4. The van der Waals surface area contributed by atoms with Crippen LogP contribution in [0.1, 0.15) is 43.9 Å². The molecular weight excluding hydrogens is 384 g/mol. The molecule has 2 aromatic carbocycles. The van der Waals surface area contributed by atoms with Gasteiger partial charge < -0.3 is 4.74 Å². The fraction of sp³-hybridized carbons (Fsp3) is 0.348. The van der Waals surface area contributed by atoms with Crippen LogP contribution in [0.3, 0.4) is 0 Å². The zero-order valence-corrected chi connectivity index (χ0v) is 17.8. The van der Waals surface area contributed by atoms with Crippen molar-refractivity contribution in [2.75, 3.05) is 6.61 Å². The van der Waals surface area contributed by atoms with Crippen LogP contribution in [-0.4, -0.2) is 26.2 Å². The number of unbranched alkanes of at least 4 members (excludes halogenated alkanes) is 3. The second kappa shape index (κ2) is 8.37. The molecule has 29 heavy (non-hydrogen) atoms. The van der Waals surface area contributed by atoms with Crippen LogP contribution in [0.4, 0.5) is 0 Å². The van der Waals surface area contributed by atoms with E-state index in [-0.39, 0.29) is 0 Å². The largest absolute Gasteiger partial charge is 0.494 e. The monoisotopic (exact) mass is 408 g/mol. The first-order valence-electron chi connectivity index (χ1n) is 10.1. The van der Waals surface area contributed by atoms with Gasteiger partial charge in [-0.05, 0) is 56.2 Å². The van der Waals surface area contributed by atoms with Gasteiger partial charge in [0.05, 0.1) is 23.3 Å². The Morgan fingerprint density at radius 2 is 1.86 bits per heavy atom. The number of rotatable bonds is 7. The molecule has 0 fully saturated rings. The van der Waals surface area contributed by atoms with Crippen molar-refractivity contribution in [3.05, 3.63) is 52.7 Å². The molecule has 4 rings (SSSR count). The molecule has 0 unspecified atom stereocenters. The van der Waals surface area contributed by atoms with Crippen molar-refractivity contribution >= 4 is 28.3 Å². The van der Waals surface area contributed by atoms with Crippen molar-refractivity contribution in [1.29, 1.82) is 0 Å². The molecule has 0 saturated heterocycles. The van der Waals surface area contributed by atoms with Crippen LogP contribution < -0.4 is 4.74 Å². The van der Waals surface area contributed by atoms with Crippen molar-refractivity contribution in [3.63, 3.8) is 0 Å². The van der Waals surface area contributed by atoms with Crippen LogP contribution in [0, 0.1) is 13.8 Å². The number of fused-ring (bicyclic) bond motifs is 3. The zero-order chi connectivity index (χ0) is 20.4. The third kappa shape index (κ3) is 3.92. The minimum absolute atomic E-state index is 0.657. The third-order valence-corrected chi connectivity index (χ3v) is 5.40. The fourth-order valence-corrected chi connectivity index (χ4v) is 3.74. The lowest BCUT2D eigenvalue weighted by atomic mass is 10.1. The van der Waals surface area contributed by atoms with E-state index in [4.69, 9.17) is 16.3 Å². The number of nitrogens with zero attached hydrogens (tertiary/aromatic N) is 4. The number of aryl methyl sites for hydroxylation is 2. The van der Waals surface area contributed by atoms with Crippen LogP contribution in [0.15, 0.2) is 36.4 Å². The molecule has 5 nitrogen and oxygen atoms in total. The van der Waals surface area contributed by atoms with Crippen molar-refractivity contribution in [1.82, 2.24) is 19.6 Å². The molecule has 0 spiro atoms. The van der Waals surface area contributed by atoms with Crippen LogP contribution in [0.5, 0.6) is 5.75 Å². The molecule has 4 aromatic rings. The van der Waals surface area contributed by atoms with Crippen molar-refractivity contribution in [2.24, 2.45) is 0 Å². The molecule has 6 heteroatoms. The highest BCUT2D eigenvalue weighted by atomic mass is 35.5. The Hall–Kier alpha value is -2.66. The topological polar surface area (TPSA) is 52.3 Å². The van der Waals surface area contributed by atoms with Crippen LogP contribution in [0.25, 0.3) is 28.1 Å². The van der Waals surface area contributed by atoms with Gasteiger partial charge in [0.15, 0.2) is 11.5 Å². The molecule has 0 radical (unpaired) electrons. The molecule has 0 bridgehead atoms. The van der Waals surface area contributed by atoms with E-state index in [1.165, 1.54) is 19.3 Å². The molecule has 0 N–H and O–H groups in total. The van der Waals surface area contributed by atoms with Gasteiger partial charge in [0.1, 0.15) is 5.75 Å². The predicted octanol–water partition coefficient (Wildman–Crippen LogP) is 6.17. The van der Waals surface area contributed by atoms with Crippen LogP contribution in [-0.2, 0) is 0 Å². The summed E-state index contributed by atoms with van der Waals surface area (Å²) in [5, 5.41) is 9.57. The highest BCUT2D eigenvalue weighted by Gasteiger charge is 2.17. The summed E-state index contributed by atoms with van der Waals surface area (Å²) in [6, 6.07) is 11.8. The summed E-state index contributed by atoms with van der Waals surface area (Å²) in [5.74, 6) is 1.62. The summed E-state index contributed by atoms with van der Waals surface area (Å²) < 4.78 is 8.04. The standard InChI is InChI=1S/C23H25ClN4O/c1-4-5-6-7-12-29-18-10-8-15(2)19(14-18)23-27-26-22-16(3)25-20-11-9-17(24)13-21(20)28(22)23/h8-11,13-14H,4-7,12H2,1-3H3. The quantitative estimate of drug-likeness (QED) is 0.343. The molecule has 0 aliphatic rings. The Labute approximate surface area is 175 Å². The highest BCUT2D eigenvalue weighted by Crippen LogP contribution is 2.30. The van der Waals surface area contributed by atoms with Gasteiger partial charge in [-0.2, -0.15) is 0 Å². The summed E-state index contributed by atoms with van der Waals surface area (Å²) in [5.41, 5.74) is 5.43. The van der Waals surface area contributed by atoms with Crippen molar-refractivity contribution in [2.45, 2.75) is 46.5 Å². The molecule has 0 aliphatic carbocycles. The smallest absolute Gasteiger partial charge is 0.183 e. The summed E-state index contributed by atoms with van der Waals surface area (Å²) in [7, 11) is 0. The van der Waals surface area contributed by atoms with E-state index in [1.54, 1.807) is 0 Å². The van der Waals surface area contributed by atoms with Gasteiger partial charge in [0.2, 0.25) is 0 Å². The fourth-order valence-electron chi connectivity index (χ4n) is 3.57. The summed E-state index contributed by atoms with van der Waals surface area (Å²) in [6.07, 6.45) is 4.74. The first kappa shape index (κ1) is 19.6. The number of ether oxygens (including phenoxy) is 1. The van der Waals surface area contributed by atoms with E-state index < -0.39 is 0 Å². The van der Waals surface area contributed by atoms with E-state index in [2.05, 4.69) is 41.2 Å². The average molecular weight is 409 g/mol. The molecule has 0 atom stereocenters. The van der Waals surface area contributed by atoms with E-state index in [0.29, 0.717) is 5.02 Å². The molecule has 2 heterocycles. The van der Waals surface area contributed by atoms with Crippen LogP contribution in [0.2, 0.25) is 5.02 Å². The second-order valence-electron chi connectivity index (χ2n) is 7.40. The summed E-state index contributed by atoms with van der Waals surface area (Å²) in [6.45, 7) is 6.96. The molecule has 0 aliphatic heterocycles. The maximum absolute atomic E-state index is 6.27. The van der Waals surface area contributed by atoms with Gasteiger partial charge in [-0.1, -0.05) is 43.9 Å². The number of aromatic nitrogens is 4. The third-order valence-electron chi connectivity index (χ3n) is 5.17. The Kier molecular flexibility index (Phi) is 5.67. The maximum atomic E-state index is 6.27. The Balaban J connectivity index is 1.77. The average Bonchev–Trinajstić information content (AvgIpc) is 3.15.